The van der Waals surface area contributed by atoms with Gasteiger partial charge in [-0.2, -0.15) is 18.2 Å². The molecule has 0 unspecified atom stereocenters. The number of halogens is 6. The predicted octanol–water partition coefficient (Wildman–Crippen LogP) is 5.40. The second-order valence-electron chi connectivity index (χ2n) is 6.28. The Hall–Kier alpha value is -2.52. The summed E-state index contributed by atoms with van der Waals surface area (Å²) in [5.41, 5.74) is -2.21. The molecule has 0 spiro atoms. The van der Waals surface area contributed by atoms with Crippen LogP contribution >= 0.6 is 0 Å². The molecule has 1 aliphatic carbocycles. The number of alkyl halides is 3. The van der Waals surface area contributed by atoms with Crippen molar-refractivity contribution in [3.8, 4) is 0 Å². The van der Waals surface area contributed by atoms with Gasteiger partial charge in [0.1, 0.15) is 17.3 Å². The standard InChI is InChI=1S/C17H16F6N4/c18-10-6-7-11(19)15(14(10)20)26-13-8-12(17(21,22)23)25-16(27-13)24-9-4-2-1-3-5-9/h6-9H,1-5H2,(H2,24,25,26,27). The van der Waals surface area contributed by atoms with Gasteiger partial charge in [0.2, 0.25) is 5.95 Å². The molecule has 1 aliphatic rings. The van der Waals surface area contributed by atoms with Gasteiger partial charge >= 0.3 is 6.18 Å². The largest absolute Gasteiger partial charge is 0.433 e. The molecule has 4 nitrogen and oxygen atoms in total. The molecule has 146 valence electrons. The lowest BCUT2D eigenvalue weighted by molar-refractivity contribution is -0.141. The van der Waals surface area contributed by atoms with E-state index >= 15 is 0 Å². The number of hydrogen-bond acceptors (Lipinski definition) is 4. The minimum Gasteiger partial charge on any atom is -0.351 e. The first kappa shape index (κ1) is 19.2. The Labute approximate surface area is 151 Å². The summed E-state index contributed by atoms with van der Waals surface area (Å²) in [4.78, 5) is 7.31. The molecular formula is C17H16F6N4. The number of anilines is 3. The molecule has 0 bridgehead atoms. The summed E-state index contributed by atoms with van der Waals surface area (Å²) in [5, 5.41) is 4.93. The van der Waals surface area contributed by atoms with Gasteiger partial charge in [-0.3, -0.25) is 0 Å². The normalized spacial score (nSPS) is 15.6. The van der Waals surface area contributed by atoms with Gasteiger partial charge in [0, 0.05) is 12.1 Å². The highest BCUT2D eigenvalue weighted by Crippen LogP contribution is 2.32. The molecule has 0 saturated heterocycles. The van der Waals surface area contributed by atoms with E-state index in [1.54, 1.807) is 0 Å². The van der Waals surface area contributed by atoms with Gasteiger partial charge in [0.15, 0.2) is 17.3 Å². The lowest BCUT2D eigenvalue weighted by atomic mass is 9.96. The Kier molecular flexibility index (Phi) is 5.43. The highest BCUT2D eigenvalue weighted by atomic mass is 19.4. The first-order valence-electron chi connectivity index (χ1n) is 8.37. The maximum atomic E-state index is 13.8. The molecule has 0 amide bonds. The van der Waals surface area contributed by atoms with Crippen LogP contribution in [0, 0.1) is 17.5 Å². The van der Waals surface area contributed by atoms with Crippen molar-refractivity contribution in [3.63, 3.8) is 0 Å². The molecule has 1 fully saturated rings. The molecule has 1 aromatic carbocycles. The van der Waals surface area contributed by atoms with Gasteiger partial charge < -0.3 is 10.6 Å². The van der Waals surface area contributed by atoms with Crippen molar-refractivity contribution < 1.29 is 26.3 Å². The zero-order valence-electron chi connectivity index (χ0n) is 14.0. The topological polar surface area (TPSA) is 49.8 Å². The fourth-order valence-corrected chi connectivity index (χ4v) is 2.92. The maximum Gasteiger partial charge on any atom is 0.433 e. The maximum absolute atomic E-state index is 13.8. The van der Waals surface area contributed by atoms with Crippen LogP contribution < -0.4 is 10.6 Å². The van der Waals surface area contributed by atoms with E-state index in [0.29, 0.717) is 18.2 Å². The Morgan fingerprint density at radius 1 is 0.926 bits per heavy atom. The van der Waals surface area contributed by atoms with E-state index < -0.39 is 40.8 Å². The van der Waals surface area contributed by atoms with Gasteiger partial charge in [-0.15, -0.1) is 0 Å². The van der Waals surface area contributed by atoms with Crippen molar-refractivity contribution in [2.75, 3.05) is 10.6 Å². The van der Waals surface area contributed by atoms with Crippen molar-refractivity contribution in [2.24, 2.45) is 0 Å². The summed E-state index contributed by atoms with van der Waals surface area (Å²) in [7, 11) is 0. The van der Waals surface area contributed by atoms with Crippen LogP contribution in [0.3, 0.4) is 0 Å². The number of benzene rings is 1. The van der Waals surface area contributed by atoms with Crippen molar-refractivity contribution in [2.45, 2.75) is 44.3 Å². The summed E-state index contributed by atoms with van der Waals surface area (Å²) in [6.45, 7) is 0. The second kappa shape index (κ2) is 7.61. The van der Waals surface area contributed by atoms with Crippen molar-refractivity contribution in [1.82, 2.24) is 9.97 Å². The number of rotatable bonds is 4. The Bertz CT molecular complexity index is 818. The Morgan fingerprint density at radius 2 is 1.59 bits per heavy atom. The molecule has 3 rings (SSSR count). The Balaban J connectivity index is 1.94. The van der Waals surface area contributed by atoms with Gasteiger partial charge in [-0.25, -0.2) is 18.2 Å². The SMILES string of the molecule is Fc1ccc(F)c(Nc2cc(C(F)(F)F)nc(NC3CCCCC3)n2)c1F. The van der Waals surface area contributed by atoms with Crippen LogP contribution in [0.2, 0.25) is 0 Å². The van der Waals surface area contributed by atoms with E-state index in [2.05, 4.69) is 20.6 Å². The van der Waals surface area contributed by atoms with Crippen molar-refractivity contribution in [1.29, 1.82) is 0 Å². The molecule has 0 atom stereocenters. The first-order chi connectivity index (χ1) is 12.7. The van der Waals surface area contributed by atoms with E-state index in [0.717, 1.165) is 32.1 Å². The minimum atomic E-state index is -4.79. The molecule has 1 heterocycles. The summed E-state index contributed by atoms with van der Waals surface area (Å²) in [6.07, 6.45) is -0.359. The molecule has 0 radical (unpaired) electrons. The van der Waals surface area contributed by atoms with Gasteiger partial charge in [-0.1, -0.05) is 19.3 Å². The third-order valence-corrected chi connectivity index (χ3v) is 4.25. The molecule has 1 saturated carbocycles. The fourth-order valence-electron chi connectivity index (χ4n) is 2.92. The molecule has 2 N–H and O–H groups in total. The van der Waals surface area contributed by atoms with Crippen LogP contribution in [-0.4, -0.2) is 16.0 Å². The van der Waals surface area contributed by atoms with Crippen LogP contribution in [0.15, 0.2) is 18.2 Å². The van der Waals surface area contributed by atoms with E-state index in [1.165, 1.54) is 0 Å². The summed E-state index contributed by atoms with van der Waals surface area (Å²) >= 11 is 0. The highest BCUT2D eigenvalue weighted by Gasteiger charge is 2.34. The lowest BCUT2D eigenvalue weighted by Crippen LogP contribution is -2.24. The first-order valence-corrected chi connectivity index (χ1v) is 8.37. The van der Waals surface area contributed by atoms with Crippen molar-refractivity contribution in [3.05, 3.63) is 41.3 Å². The van der Waals surface area contributed by atoms with Crippen LogP contribution in [0.25, 0.3) is 0 Å². The predicted molar refractivity (Wildman–Crippen MR) is 87.1 cm³/mol. The average molecular weight is 390 g/mol. The molecule has 27 heavy (non-hydrogen) atoms. The molecular weight excluding hydrogens is 374 g/mol. The van der Waals surface area contributed by atoms with Crippen LogP contribution in [-0.2, 0) is 6.18 Å². The lowest BCUT2D eigenvalue weighted by Gasteiger charge is -2.23. The van der Waals surface area contributed by atoms with E-state index in [1.807, 2.05) is 0 Å². The minimum absolute atomic E-state index is 0.0854. The van der Waals surface area contributed by atoms with E-state index in [-0.39, 0.29) is 12.0 Å². The van der Waals surface area contributed by atoms with Gasteiger partial charge in [0.25, 0.3) is 0 Å². The third kappa shape index (κ3) is 4.61. The fraction of sp³-hybridized carbons (Fsp3) is 0.412. The van der Waals surface area contributed by atoms with Crippen LogP contribution in [0.5, 0.6) is 0 Å². The van der Waals surface area contributed by atoms with E-state index in [9.17, 15) is 26.3 Å². The van der Waals surface area contributed by atoms with Crippen LogP contribution in [0.1, 0.15) is 37.8 Å². The third-order valence-electron chi connectivity index (χ3n) is 4.25. The number of nitrogens with zero attached hydrogens (tertiary/aromatic N) is 2. The summed E-state index contributed by atoms with van der Waals surface area (Å²) in [6, 6.07) is 1.66. The average Bonchev–Trinajstić information content (AvgIpc) is 2.62. The summed E-state index contributed by atoms with van der Waals surface area (Å²) < 4.78 is 80.3. The quantitative estimate of drug-likeness (QED) is 0.542. The van der Waals surface area contributed by atoms with Crippen LogP contribution in [0.4, 0.5) is 43.8 Å². The molecule has 10 heteroatoms. The highest BCUT2D eigenvalue weighted by molar-refractivity contribution is 5.59. The van der Waals surface area contributed by atoms with Crippen molar-refractivity contribution >= 4 is 17.5 Å². The number of nitrogens with one attached hydrogen (secondary N) is 2. The van der Waals surface area contributed by atoms with Gasteiger partial charge in [-0.05, 0) is 25.0 Å². The zero-order chi connectivity index (χ0) is 19.6. The van der Waals surface area contributed by atoms with E-state index in [4.69, 9.17) is 0 Å². The molecule has 0 aliphatic heterocycles. The van der Waals surface area contributed by atoms with Gasteiger partial charge in [0.05, 0.1) is 0 Å². The monoisotopic (exact) mass is 390 g/mol. The molecule has 1 aromatic heterocycles. The molecule has 2 aromatic rings. The Morgan fingerprint density at radius 3 is 2.26 bits per heavy atom. The second-order valence-corrected chi connectivity index (χ2v) is 6.28. The smallest absolute Gasteiger partial charge is 0.351 e. The zero-order valence-corrected chi connectivity index (χ0v) is 14.0. The number of aromatic nitrogens is 2. The number of hydrogen-bond donors (Lipinski definition) is 2. The summed E-state index contributed by atoms with van der Waals surface area (Å²) in [5.74, 6) is -4.87.